The first kappa shape index (κ1) is 21.3. The normalized spacial score (nSPS) is 19.8. The molecule has 0 saturated carbocycles. The predicted octanol–water partition coefficient (Wildman–Crippen LogP) is 2.13. The molecule has 2 aliphatic heterocycles. The largest absolute Gasteiger partial charge is 0.382 e. The van der Waals surface area contributed by atoms with Gasteiger partial charge in [-0.2, -0.15) is 4.31 Å². The van der Waals surface area contributed by atoms with Crippen LogP contribution in [-0.4, -0.2) is 61.5 Å². The van der Waals surface area contributed by atoms with Gasteiger partial charge in [0.1, 0.15) is 5.82 Å². The zero-order valence-electron chi connectivity index (χ0n) is 16.2. The van der Waals surface area contributed by atoms with Gasteiger partial charge in [-0.05, 0) is 30.3 Å². The van der Waals surface area contributed by atoms with Crippen LogP contribution in [-0.2, 0) is 19.7 Å². The molecule has 164 valence electrons. The Morgan fingerprint density at radius 2 is 1.74 bits per heavy atom. The van der Waals surface area contributed by atoms with E-state index in [1.807, 2.05) is 0 Å². The van der Waals surface area contributed by atoms with Crippen molar-refractivity contribution in [2.75, 3.05) is 26.2 Å². The summed E-state index contributed by atoms with van der Waals surface area (Å²) in [6.45, 7) is 0.211. The highest BCUT2D eigenvalue weighted by atomic mass is 32.2. The number of amides is 1. The Morgan fingerprint density at radius 3 is 2.42 bits per heavy atom. The zero-order chi connectivity index (χ0) is 22.2. The van der Waals surface area contributed by atoms with Gasteiger partial charge in [0.15, 0.2) is 11.6 Å². The Labute approximate surface area is 176 Å². The van der Waals surface area contributed by atoms with E-state index in [0.717, 1.165) is 16.4 Å². The van der Waals surface area contributed by atoms with Gasteiger partial charge in [-0.3, -0.25) is 4.79 Å². The first-order chi connectivity index (χ1) is 14.8. The third-order valence-corrected chi connectivity index (χ3v) is 7.08. The number of rotatable bonds is 4. The summed E-state index contributed by atoms with van der Waals surface area (Å²) in [4.78, 5) is 19.1. The Morgan fingerprint density at radius 1 is 1.00 bits per heavy atom. The van der Waals surface area contributed by atoms with Crippen molar-refractivity contribution >= 4 is 21.6 Å². The van der Waals surface area contributed by atoms with Crippen molar-refractivity contribution in [1.82, 2.24) is 9.21 Å². The lowest BCUT2D eigenvalue weighted by Gasteiger charge is -2.34. The maximum absolute atomic E-state index is 13.4. The summed E-state index contributed by atoms with van der Waals surface area (Å²) >= 11 is 0. The summed E-state index contributed by atoms with van der Waals surface area (Å²) in [6.07, 6.45) is -0.692. The van der Waals surface area contributed by atoms with Crippen LogP contribution in [0.1, 0.15) is 12.0 Å². The molecule has 1 saturated heterocycles. The van der Waals surface area contributed by atoms with Gasteiger partial charge in [0.05, 0.1) is 10.6 Å². The minimum atomic E-state index is -4.02. The molecule has 1 unspecified atom stereocenters. The summed E-state index contributed by atoms with van der Waals surface area (Å²) in [5.74, 6) is -3.15. The summed E-state index contributed by atoms with van der Waals surface area (Å²) in [5, 5.41) is 3.88. The van der Waals surface area contributed by atoms with Crippen LogP contribution in [0.2, 0.25) is 0 Å². The topological polar surface area (TPSA) is 79.3 Å². The molecule has 0 bridgehead atoms. The molecule has 2 heterocycles. The van der Waals surface area contributed by atoms with Crippen molar-refractivity contribution in [3.63, 3.8) is 0 Å². The lowest BCUT2D eigenvalue weighted by Crippen LogP contribution is -2.52. The number of hydrogen-bond acceptors (Lipinski definition) is 5. The number of carbonyl (C=O) groups excluding carboxylic acids is 1. The van der Waals surface area contributed by atoms with E-state index in [1.165, 1.54) is 23.1 Å². The quantitative estimate of drug-likeness (QED) is 0.711. The number of hydrogen-bond donors (Lipinski definition) is 0. The van der Waals surface area contributed by atoms with Crippen molar-refractivity contribution in [2.45, 2.75) is 17.4 Å². The van der Waals surface area contributed by atoms with Crippen LogP contribution in [0.4, 0.5) is 13.2 Å². The van der Waals surface area contributed by atoms with Crippen molar-refractivity contribution in [3.8, 4) is 0 Å². The molecule has 4 rings (SSSR count). The zero-order valence-corrected chi connectivity index (χ0v) is 17.0. The maximum atomic E-state index is 13.4. The SMILES string of the molecule is O=C(C1CC(c2cccc(F)c2)=NO1)N1CCN(S(=O)(=O)c2ccc(F)c(F)c2)CC1. The molecule has 0 spiro atoms. The second-order valence-corrected chi connectivity index (χ2v) is 9.09. The molecule has 2 aromatic rings. The minimum Gasteiger partial charge on any atom is -0.382 e. The highest BCUT2D eigenvalue weighted by Gasteiger charge is 2.36. The summed E-state index contributed by atoms with van der Waals surface area (Å²) in [7, 11) is -4.02. The molecule has 2 aromatic carbocycles. The summed E-state index contributed by atoms with van der Waals surface area (Å²) < 4.78 is 66.4. The van der Waals surface area contributed by atoms with E-state index in [4.69, 9.17) is 4.84 Å². The highest BCUT2D eigenvalue weighted by Crippen LogP contribution is 2.22. The molecule has 2 aliphatic rings. The number of oxime groups is 1. The van der Waals surface area contributed by atoms with E-state index in [1.54, 1.807) is 6.07 Å². The van der Waals surface area contributed by atoms with Crippen LogP contribution in [0.5, 0.6) is 0 Å². The van der Waals surface area contributed by atoms with Crippen molar-refractivity contribution in [1.29, 1.82) is 0 Å². The molecule has 0 aliphatic carbocycles. The number of nitrogens with zero attached hydrogens (tertiary/aromatic N) is 3. The first-order valence-electron chi connectivity index (χ1n) is 9.48. The Bertz CT molecular complexity index is 1150. The van der Waals surface area contributed by atoms with E-state index < -0.39 is 33.6 Å². The number of piperazine rings is 1. The van der Waals surface area contributed by atoms with Crippen LogP contribution < -0.4 is 0 Å². The molecule has 11 heteroatoms. The van der Waals surface area contributed by atoms with Gasteiger partial charge in [0.2, 0.25) is 16.1 Å². The minimum absolute atomic E-state index is 0.00258. The van der Waals surface area contributed by atoms with E-state index >= 15 is 0 Å². The Balaban J connectivity index is 1.37. The molecule has 1 fully saturated rings. The predicted molar refractivity (Wildman–Crippen MR) is 104 cm³/mol. The van der Waals surface area contributed by atoms with Crippen molar-refractivity contribution in [3.05, 3.63) is 65.5 Å². The number of sulfonamides is 1. The lowest BCUT2D eigenvalue weighted by molar-refractivity contribution is -0.143. The Kier molecular flexibility index (Phi) is 5.71. The molecule has 1 amide bonds. The van der Waals surface area contributed by atoms with Gasteiger partial charge >= 0.3 is 0 Å². The monoisotopic (exact) mass is 453 g/mol. The van der Waals surface area contributed by atoms with Gasteiger partial charge in [-0.1, -0.05) is 17.3 Å². The average molecular weight is 453 g/mol. The van der Waals surface area contributed by atoms with Gasteiger partial charge in [0.25, 0.3) is 5.91 Å². The van der Waals surface area contributed by atoms with Crippen LogP contribution in [0.25, 0.3) is 0 Å². The lowest BCUT2D eigenvalue weighted by atomic mass is 10.0. The number of benzene rings is 2. The van der Waals surface area contributed by atoms with Crippen molar-refractivity contribution < 1.29 is 31.2 Å². The van der Waals surface area contributed by atoms with Gasteiger partial charge in [-0.15, -0.1) is 0 Å². The molecule has 0 aromatic heterocycles. The van der Waals surface area contributed by atoms with E-state index in [0.29, 0.717) is 17.3 Å². The average Bonchev–Trinajstić information content (AvgIpc) is 3.25. The van der Waals surface area contributed by atoms with Crippen molar-refractivity contribution in [2.24, 2.45) is 5.16 Å². The first-order valence-corrected chi connectivity index (χ1v) is 10.9. The molecule has 0 radical (unpaired) electrons. The van der Waals surface area contributed by atoms with E-state index in [-0.39, 0.29) is 43.4 Å². The fourth-order valence-electron chi connectivity index (χ4n) is 3.49. The second-order valence-electron chi connectivity index (χ2n) is 7.15. The van der Waals surface area contributed by atoms with E-state index in [9.17, 15) is 26.4 Å². The fourth-order valence-corrected chi connectivity index (χ4v) is 4.92. The number of halogens is 3. The highest BCUT2D eigenvalue weighted by molar-refractivity contribution is 7.89. The summed E-state index contributed by atoms with van der Waals surface area (Å²) in [6, 6.07) is 8.21. The van der Waals surface area contributed by atoms with Gasteiger partial charge in [0, 0.05) is 38.2 Å². The third-order valence-electron chi connectivity index (χ3n) is 5.18. The van der Waals surface area contributed by atoms with Crippen LogP contribution >= 0.6 is 0 Å². The fraction of sp³-hybridized carbons (Fsp3) is 0.300. The molecular weight excluding hydrogens is 435 g/mol. The second kappa shape index (κ2) is 8.31. The molecule has 0 N–H and O–H groups in total. The molecular formula is C20H18F3N3O4S. The third kappa shape index (κ3) is 4.28. The molecule has 31 heavy (non-hydrogen) atoms. The van der Waals surface area contributed by atoms with Crippen LogP contribution in [0.3, 0.4) is 0 Å². The van der Waals surface area contributed by atoms with Crippen LogP contribution in [0, 0.1) is 17.5 Å². The molecule has 7 nitrogen and oxygen atoms in total. The molecule has 1 atom stereocenters. The standard InChI is InChI=1S/C20H18F3N3O4S/c21-14-3-1-2-13(10-14)18-12-19(30-24-18)20(27)25-6-8-26(9-7-25)31(28,29)15-4-5-16(22)17(23)11-15/h1-5,10-11,19H,6-9,12H2. The maximum Gasteiger partial charge on any atom is 0.266 e. The smallest absolute Gasteiger partial charge is 0.266 e. The Hall–Kier alpha value is -2.92. The summed E-state index contributed by atoms with van der Waals surface area (Å²) in [5.41, 5.74) is 0.982. The van der Waals surface area contributed by atoms with Gasteiger partial charge < -0.3 is 9.74 Å². The van der Waals surface area contributed by atoms with Crippen LogP contribution in [0.15, 0.2) is 52.5 Å². The van der Waals surface area contributed by atoms with Gasteiger partial charge in [-0.25, -0.2) is 21.6 Å². The van der Waals surface area contributed by atoms with E-state index in [2.05, 4.69) is 5.16 Å². The number of carbonyl (C=O) groups is 1.